The van der Waals surface area contributed by atoms with Gasteiger partial charge in [-0.2, -0.15) is 0 Å². The van der Waals surface area contributed by atoms with E-state index in [4.69, 9.17) is 14.6 Å². The lowest BCUT2D eigenvalue weighted by Gasteiger charge is -2.08. The highest BCUT2D eigenvalue weighted by Crippen LogP contribution is 1.79. The fourth-order valence-electron chi connectivity index (χ4n) is 0.806. The van der Waals surface area contributed by atoms with Crippen molar-refractivity contribution in [2.45, 2.75) is 19.9 Å². The Bertz CT molecular complexity index is 98.9. The number of nitrogens with one attached hydrogen (secondary N) is 1. The van der Waals surface area contributed by atoms with Crippen molar-refractivity contribution in [3.05, 3.63) is 0 Å². The first-order valence-corrected chi connectivity index (χ1v) is 4.77. The molecular weight excluding hydrogens is 170 g/mol. The van der Waals surface area contributed by atoms with Gasteiger partial charge in [-0.15, -0.1) is 0 Å². The van der Waals surface area contributed by atoms with Crippen LogP contribution in [0.3, 0.4) is 0 Å². The molecule has 80 valence electrons. The van der Waals surface area contributed by atoms with Crippen LogP contribution in [0.25, 0.3) is 0 Å². The predicted molar refractivity (Wildman–Crippen MR) is 51.9 cm³/mol. The molecule has 0 amide bonds. The SMILES string of the molecule is CC(C)NCCOCCOCCO. The molecule has 0 unspecified atom stereocenters. The largest absolute Gasteiger partial charge is 0.394 e. The molecule has 0 aliphatic rings. The third-order valence-corrected chi connectivity index (χ3v) is 1.41. The number of ether oxygens (including phenoxy) is 2. The van der Waals surface area contributed by atoms with Crippen LogP contribution < -0.4 is 5.32 Å². The molecule has 0 fully saturated rings. The maximum Gasteiger partial charge on any atom is 0.0701 e. The lowest BCUT2D eigenvalue weighted by atomic mass is 10.4. The van der Waals surface area contributed by atoms with Gasteiger partial charge in [-0.3, -0.25) is 0 Å². The van der Waals surface area contributed by atoms with Crippen molar-refractivity contribution < 1.29 is 14.6 Å². The Morgan fingerprint density at radius 2 is 1.69 bits per heavy atom. The minimum atomic E-state index is 0.0783. The average molecular weight is 191 g/mol. The van der Waals surface area contributed by atoms with E-state index in [1.807, 2.05) is 0 Å². The van der Waals surface area contributed by atoms with Crippen LogP contribution in [-0.4, -0.2) is 50.7 Å². The fourth-order valence-corrected chi connectivity index (χ4v) is 0.806. The van der Waals surface area contributed by atoms with E-state index in [-0.39, 0.29) is 6.61 Å². The van der Waals surface area contributed by atoms with Crippen molar-refractivity contribution in [3.8, 4) is 0 Å². The summed E-state index contributed by atoms with van der Waals surface area (Å²) in [7, 11) is 0. The van der Waals surface area contributed by atoms with Crippen LogP contribution in [-0.2, 0) is 9.47 Å². The second-order valence-electron chi connectivity index (χ2n) is 3.06. The van der Waals surface area contributed by atoms with Crippen LogP contribution in [0, 0.1) is 0 Å². The van der Waals surface area contributed by atoms with Gasteiger partial charge >= 0.3 is 0 Å². The average Bonchev–Trinajstić information content (AvgIpc) is 2.09. The summed E-state index contributed by atoms with van der Waals surface area (Å²) in [5, 5.41) is 11.6. The van der Waals surface area contributed by atoms with E-state index < -0.39 is 0 Å². The van der Waals surface area contributed by atoms with Gasteiger partial charge in [0.05, 0.1) is 33.0 Å². The molecule has 4 nitrogen and oxygen atoms in total. The third kappa shape index (κ3) is 11.8. The Hall–Kier alpha value is -0.160. The van der Waals surface area contributed by atoms with Crippen molar-refractivity contribution in [2.24, 2.45) is 0 Å². The molecule has 0 rings (SSSR count). The van der Waals surface area contributed by atoms with E-state index in [9.17, 15) is 0 Å². The van der Waals surface area contributed by atoms with Gasteiger partial charge in [-0.25, -0.2) is 0 Å². The summed E-state index contributed by atoms with van der Waals surface area (Å²) in [6.45, 7) is 7.41. The summed E-state index contributed by atoms with van der Waals surface area (Å²) in [6, 6.07) is 0.509. The Morgan fingerprint density at radius 3 is 2.23 bits per heavy atom. The number of hydrogen-bond acceptors (Lipinski definition) is 4. The summed E-state index contributed by atoms with van der Waals surface area (Å²) >= 11 is 0. The van der Waals surface area contributed by atoms with Crippen LogP contribution in [0.2, 0.25) is 0 Å². The molecule has 0 aliphatic carbocycles. The Balaban J connectivity index is 2.84. The van der Waals surface area contributed by atoms with Crippen LogP contribution in [0.15, 0.2) is 0 Å². The van der Waals surface area contributed by atoms with Crippen molar-refractivity contribution in [1.29, 1.82) is 0 Å². The molecule has 0 saturated heterocycles. The summed E-state index contributed by atoms with van der Waals surface area (Å²) in [5.41, 5.74) is 0. The van der Waals surface area contributed by atoms with Crippen LogP contribution >= 0.6 is 0 Å². The first kappa shape index (κ1) is 12.8. The smallest absolute Gasteiger partial charge is 0.0701 e. The minimum Gasteiger partial charge on any atom is -0.394 e. The van der Waals surface area contributed by atoms with Gasteiger partial charge in [0.2, 0.25) is 0 Å². The number of aliphatic hydroxyl groups is 1. The minimum absolute atomic E-state index is 0.0783. The molecule has 4 heteroatoms. The maximum absolute atomic E-state index is 8.39. The Labute approximate surface area is 80.2 Å². The molecule has 0 bridgehead atoms. The maximum atomic E-state index is 8.39. The van der Waals surface area contributed by atoms with Crippen molar-refractivity contribution in [2.75, 3.05) is 39.6 Å². The predicted octanol–water partition coefficient (Wildman–Crippen LogP) is 0.00990. The van der Waals surface area contributed by atoms with Gasteiger partial charge in [0.25, 0.3) is 0 Å². The summed E-state index contributed by atoms with van der Waals surface area (Å²) in [4.78, 5) is 0. The molecule has 0 aromatic heterocycles. The molecule has 0 aliphatic heterocycles. The molecule has 0 atom stereocenters. The second-order valence-corrected chi connectivity index (χ2v) is 3.06. The number of hydrogen-bond donors (Lipinski definition) is 2. The quantitative estimate of drug-likeness (QED) is 0.504. The molecule has 0 radical (unpaired) electrons. The van der Waals surface area contributed by atoms with Crippen LogP contribution in [0.1, 0.15) is 13.8 Å². The zero-order chi connectivity index (χ0) is 9.94. The van der Waals surface area contributed by atoms with Gasteiger partial charge in [0, 0.05) is 12.6 Å². The van der Waals surface area contributed by atoms with Crippen LogP contribution in [0.4, 0.5) is 0 Å². The summed E-state index contributed by atoms with van der Waals surface area (Å²) in [5.74, 6) is 0. The number of aliphatic hydroxyl groups excluding tert-OH is 1. The van der Waals surface area contributed by atoms with Gasteiger partial charge < -0.3 is 19.9 Å². The zero-order valence-corrected chi connectivity index (χ0v) is 8.58. The van der Waals surface area contributed by atoms with Gasteiger partial charge in [-0.05, 0) is 0 Å². The Morgan fingerprint density at radius 1 is 1.08 bits per heavy atom. The van der Waals surface area contributed by atoms with Crippen molar-refractivity contribution in [3.63, 3.8) is 0 Å². The van der Waals surface area contributed by atoms with E-state index in [2.05, 4.69) is 19.2 Å². The van der Waals surface area contributed by atoms with Gasteiger partial charge in [-0.1, -0.05) is 13.8 Å². The molecule has 2 N–H and O–H groups in total. The van der Waals surface area contributed by atoms with Crippen molar-refractivity contribution in [1.82, 2.24) is 5.32 Å². The number of rotatable bonds is 9. The summed E-state index contributed by atoms with van der Waals surface area (Å²) < 4.78 is 10.3. The normalized spacial score (nSPS) is 11.1. The summed E-state index contributed by atoms with van der Waals surface area (Å²) in [6.07, 6.45) is 0. The molecule has 0 spiro atoms. The van der Waals surface area contributed by atoms with E-state index in [1.165, 1.54) is 0 Å². The molecular formula is C9H21NO3. The molecule has 0 aromatic carbocycles. The van der Waals surface area contributed by atoms with E-state index in [1.54, 1.807) is 0 Å². The first-order chi connectivity index (χ1) is 6.27. The highest BCUT2D eigenvalue weighted by molar-refractivity contribution is 4.50. The van der Waals surface area contributed by atoms with Gasteiger partial charge in [0.1, 0.15) is 0 Å². The molecule has 0 aromatic rings. The van der Waals surface area contributed by atoms with E-state index in [0.29, 0.717) is 32.5 Å². The van der Waals surface area contributed by atoms with E-state index in [0.717, 1.165) is 6.54 Å². The topological polar surface area (TPSA) is 50.7 Å². The third-order valence-electron chi connectivity index (χ3n) is 1.41. The molecule has 0 heterocycles. The zero-order valence-electron chi connectivity index (χ0n) is 8.58. The second kappa shape index (κ2) is 9.92. The molecule has 13 heavy (non-hydrogen) atoms. The van der Waals surface area contributed by atoms with Gasteiger partial charge in [0.15, 0.2) is 0 Å². The first-order valence-electron chi connectivity index (χ1n) is 4.77. The van der Waals surface area contributed by atoms with E-state index >= 15 is 0 Å². The van der Waals surface area contributed by atoms with Crippen LogP contribution in [0.5, 0.6) is 0 Å². The highest BCUT2D eigenvalue weighted by Gasteiger charge is 1.92. The molecule has 0 saturated carbocycles. The van der Waals surface area contributed by atoms with Crippen molar-refractivity contribution >= 4 is 0 Å². The fraction of sp³-hybridized carbons (Fsp3) is 1.00. The standard InChI is InChI=1S/C9H21NO3/c1-9(2)10-3-5-12-7-8-13-6-4-11/h9-11H,3-8H2,1-2H3. The lowest BCUT2D eigenvalue weighted by Crippen LogP contribution is -2.27. The lowest BCUT2D eigenvalue weighted by molar-refractivity contribution is 0.0337. The monoisotopic (exact) mass is 191 g/mol. The highest BCUT2D eigenvalue weighted by atomic mass is 16.5. The Kier molecular flexibility index (Phi) is 9.80.